The van der Waals surface area contributed by atoms with Crippen LogP contribution in [0.25, 0.3) is 0 Å². The van der Waals surface area contributed by atoms with E-state index in [0.29, 0.717) is 64.8 Å². The van der Waals surface area contributed by atoms with Gasteiger partial charge in [-0.15, -0.1) is 0 Å². The molecule has 2 aromatic rings. The van der Waals surface area contributed by atoms with Crippen LogP contribution in [0.1, 0.15) is 141 Å². The van der Waals surface area contributed by atoms with Crippen LogP contribution in [0.3, 0.4) is 0 Å². The van der Waals surface area contributed by atoms with Crippen LogP contribution >= 0.6 is 0 Å². The molecule has 2 heterocycles. The third kappa shape index (κ3) is 13.1. The largest absolute Gasteiger partial charge is 0.375 e. The van der Waals surface area contributed by atoms with Gasteiger partial charge in [-0.1, -0.05) is 103 Å². The van der Waals surface area contributed by atoms with Gasteiger partial charge in [0.05, 0.1) is 36.4 Å². The molecule has 4 aliphatic rings. The van der Waals surface area contributed by atoms with E-state index in [1.165, 1.54) is 0 Å². The van der Waals surface area contributed by atoms with Crippen LogP contribution < -0.4 is 31.9 Å². The highest BCUT2D eigenvalue weighted by Crippen LogP contribution is 2.36. The fourth-order valence-electron chi connectivity index (χ4n) is 10.3. The summed E-state index contributed by atoms with van der Waals surface area (Å²) < 4.78 is 13.1. The quantitative estimate of drug-likeness (QED) is 0.0976. The Kier molecular flexibility index (Phi) is 18.7. The first-order valence-electron chi connectivity index (χ1n) is 25.8. The summed E-state index contributed by atoms with van der Waals surface area (Å²) in [5, 5.41) is 18.3. The monoisotopic (exact) mass is 971 g/mol. The molecule has 2 aromatic carbocycles. The Labute approximate surface area is 416 Å². The highest BCUT2D eigenvalue weighted by atomic mass is 16.5. The fraction of sp³-hybridized carbons (Fsp3) is 0.667. The number of likely N-dealkylation sites (N-methyl/N-ethyl adjacent to an activating group) is 2. The van der Waals surface area contributed by atoms with Gasteiger partial charge in [-0.2, -0.15) is 0 Å². The van der Waals surface area contributed by atoms with Crippen LogP contribution in [0.5, 0.6) is 0 Å². The van der Waals surface area contributed by atoms with E-state index < -0.39 is 47.1 Å². The summed E-state index contributed by atoms with van der Waals surface area (Å²) in [6, 6.07) is 11.7. The standard InChI is InChI=1S/C54H82N8O8/c1-33(55-9)47(63)59-45(53(3,4)5)51(67)61-27-19-25-39(61)49(65)57-43-37-23-15-13-21-35(37)31-41(43)69-29-17-11-12-18-30-70-42-32-36-22-14-16-24-38(36)44(42)58-50(66)40-26-20-28-62(40)52(68)46(54(6,7)8)60-48(64)34(2)56-10/h13-16,21-24,33-34,39-46,55-56H,11-12,17-20,25-32H2,1-10H3,(H,57,65)(H,58,66)(H,59,63)(H,60,64)/t33-,34-,39-,40?,41+,42+,43-,44-,45+,46+/m0/s1. The summed E-state index contributed by atoms with van der Waals surface area (Å²) in [4.78, 5) is 85.5. The number of hydrogen-bond acceptors (Lipinski definition) is 10. The van der Waals surface area contributed by atoms with Crippen molar-refractivity contribution in [3.05, 3.63) is 70.8 Å². The summed E-state index contributed by atoms with van der Waals surface area (Å²) >= 11 is 0. The van der Waals surface area contributed by atoms with Gasteiger partial charge in [0.15, 0.2) is 0 Å². The minimum Gasteiger partial charge on any atom is -0.375 e. The Morgan fingerprint density at radius 3 is 1.31 bits per heavy atom. The highest BCUT2D eigenvalue weighted by molar-refractivity contribution is 5.95. The van der Waals surface area contributed by atoms with Gasteiger partial charge in [-0.3, -0.25) is 28.8 Å². The summed E-state index contributed by atoms with van der Waals surface area (Å²) in [6.07, 6.45) is 6.85. The molecule has 0 saturated carbocycles. The average Bonchev–Trinajstić information content (AvgIpc) is 4.15. The number of unbranched alkanes of at least 4 members (excludes halogenated alkanes) is 3. The molecule has 6 rings (SSSR count). The molecule has 0 bridgehead atoms. The number of fused-ring (bicyclic) bond motifs is 2. The van der Waals surface area contributed by atoms with Crippen LogP contribution in [0.15, 0.2) is 48.5 Å². The Morgan fingerprint density at radius 1 is 0.586 bits per heavy atom. The molecule has 2 aliphatic carbocycles. The second-order valence-electron chi connectivity index (χ2n) is 22.0. The van der Waals surface area contributed by atoms with Crippen LogP contribution in [0.4, 0.5) is 0 Å². The maximum Gasteiger partial charge on any atom is 0.246 e. The SMILES string of the molecule is CN[C@@H](C)C(=O)N[C@H](C(=O)N1CCCC1C(=O)N[C@H]1c2ccccc2C[C@H]1OCCCCCCO[C@@H]1Cc2ccccc2[C@@H]1NC(=O)[C@@H]1CCCN1C(=O)[C@@H](NC(=O)[C@H](C)NC)C(C)(C)C)C(C)(C)C. The third-order valence-electron chi connectivity index (χ3n) is 14.8. The van der Waals surface area contributed by atoms with Crippen molar-refractivity contribution < 1.29 is 38.2 Å². The molecule has 6 N–H and O–H groups in total. The second-order valence-corrected chi connectivity index (χ2v) is 22.0. The molecule has 0 spiro atoms. The molecule has 2 saturated heterocycles. The summed E-state index contributed by atoms with van der Waals surface area (Å²) in [6.45, 7) is 17.0. The van der Waals surface area contributed by atoms with Crippen molar-refractivity contribution in [3.8, 4) is 0 Å². The summed E-state index contributed by atoms with van der Waals surface area (Å²) in [5.41, 5.74) is 3.19. The van der Waals surface area contributed by atoms with Gasteiger partial charge in [-0.05, 0) is 99.6 Å². The lowest BCUT2D eigenvalue weighted by Gasteiger charge is -2.36. The topological polar surface area (TPSA) is 200 Å². The van der Waals surface area contributed by atoms with Gasteiger partial charge >= 0.3 is 0 Å². The Hall–Kier alpha value is -4.90. The zero-order chi connectivity index (χ0) is 50.9. The third-order valence-corrected chi connectivity index (χ3v) is 14.8. The zero-order valence-corrected chi connectivity index (χ0v) is 43.5. The number of nitrogens with one attached hydrogen (secondary N) is 6. The molecule has 0 radical (unpaired) electrons. The lowest BCUT2D eigenvalue weighted by molar-refractivity contribution is -0.144. The molecule has 70 heavy (non-hydrogen) atoms. The zero-order valence-electron chi connectivity index (χ0n) is 43.5. The molecular formula is C54H82N8O8. The molecule has 0 aromatic heterocycles. The van der Waals surface area contributed by atoms with Crippen molar-refractivity contribution in [2.75, 3.05) is 40.4 Å². The number of amides is 6. The number of carbonyl (C=O) groups is 6. The fourth-order valence-corrected chi connectivity index (χ4v) is 10.3. The molecule has 6 amide bonds. The molecule has 10 atom stereocenters. The first-order valence-corrected chi connectivity index (χ1v) is 25.8. The molecule has 1 unspecified atom stereocenters. The number of likely N-dealkylation sites (tertiary alicyclic amines) is 2. The van der Waals surface area contributed by atoms with Gasteiger partial charge in [0.25, 0.3) is 0 Å². The summed E-state index contributed by atoms with van der Waals surface area (Å²) in [7, 11) is 3.40. The maximum absolute atomic E-state index is 14.1. The minimum absolute atomic E-state index is 0.210. The maximum atomic E-state index is 14.1. The van der Waals surface area contributed by atoms with E-state index in [4.69, 9.17) is 9.47 Å². The van der Waals surface area contributed by atoms with Crippen LogP contribution in [-0.2, 0) is 51.1 Å². The van der Waals surface area contributed by atoms with Crippen molar-refractivity contribution in [2.24, 2.45) is 10.8 Å². The normalized spacial score (nSPS) is 23.7. The van der Waals surface area contributed by atoms with Crippen molar-refractivity contribution in [1.29, 1.82) is 0 Å². The lowest BCUT2D eigenvalue weighted by atomic mass is 9.85. The van der Waals surface area contributed by atoms with E-state index in [2.05, 4.69) is 44.0 Å². The van der Waals surface area contributed by atoms with Gasteiger partial charge in [0.2, 0.25) is 35.4 Å². The Bertz CT molecular complexity index is 2010. The van der Waals surface area contributed by atoms with E-state index in [1.54, 1.807) is 37.7 Å². The first kappa shape index (κ1) is 54.4. The van der Waals surface area contributed by atoms with Crippen LogP contribution in [0.2, 0.25) is 0 Å². The molecule has 16 heteroatoms. The van der Waals surface area contributed by atoms with Crippen LogP contribution in [-0.4, -0.2) is 134 Å². The minimum atomic E-state index is -0.792. The number of carbonyl (C=O) groups excluding carboxylic acids is 6. The Balaban J connectivity index is 0.984. The highest BCUT2D eigenvalue weighted by Gasteiger charge is 2.46. The van der Waals surface area contributed by atoms with Gasteiger partial charge in [0.1, 0.15) is 24.2 Å². The number of nitrogens with zero attached hydrogens (tertiary/aromatic N) is 2. The van der Waals surface area contributed by atoms with Crippen molar-refractivity contribution >= 4 is 35.4 Å². The first-order chi connectivity index (χ1) is 33.2. The lowest BCUT2D eigenvalue weighted by Crippen LogP contribution is -2.59. The number of ether oxygens (including phenoxy) is 2. The van der Waals surface area contributed by atoms with E-state index in [0.717, 1.165) is 47.9 Å². The van der Waals surface area contributed by atoms with Crippen LogP contribution in [0, 0.1) is 10.8 Å². The summed E-state index contributed by atoms with van der Waals surface area (Å²) in [5.74, 6) is -1.45. The molecule has 386 valence electrons. The van der Waals surface area contributed by atoms with Crippen molar-refractivity contribution in [3.63, 3.8) is 0 Å². The van der Waals surface area contributed by atoms with E-state index in [1.807, 2.05) is 77.9 Å². The van der Waals surface area contributed by atoms with E-state index >= 15 is 0 Å². The van der Waals surface area contributed by atoms with Gasteiger partial charge in [-0.25, -0.2) is 0 Å². The van der Waals surface area contributed by atoms with Gasteiger partial charge < -0.3 is 51.2 Å². The molecule has 2 fully saturated rings. The van der Waals surface area contributed by atoms with E-state index in [9.17, 15) is 28.8 Å². The van der Waals surface area contributed by atoms with E-state index in [-0.39, 0.29) is 59.7 Å². The number of hydrogen-bond donors (Lipinski definition) is 6. The molecule has 2 aliphatic heterocycles. The predicted molar refractivity (Wildman–Crippen MR) is 269 cm³/mol. The molecule has 16 nitrogen and oxygen atoms in total. The van der Waals surface area contributed by atoms with Crippen molar-refractivity contribution in [2.45, 2.75) is 180 Å². The number of benzene rings is 2. The smallest absolute Gasteiger partial charge is 0.246 e. The molecular weight excluding hydrogens is 889 g/mol. The Morgan fingerprint density at radius 2 is 0.957 bits per heavy atom. The number of rotatable bonds is 21. The average molecular weight is 971 g/mol. The second kappa shape index (κ2) is 24.0. The van der Waals surface area contributed by atoms with Crippen molar-refractivity contribution in [1.82, 2.24) is 41.7 Å². The van der Waals surface area contributed by atoms with Gasteiger partial charge in [0, 0.05) is 39.1 Å². The predicted octanol–water partition coefficient (Wildman–Crippen LogP) is 4.40.